The van der Waals surface area contributed by atoms with E-state index in [1.54, 1.807) is 0 Å². The molecule has 1 unspecified atom stereocenters. The van der Waals surface area contributed by atoms with Crippen LogP contribution in [0.1, 0.15) is 28.4 Å². The topological polar surface area (TPSA) is 112 Å². The minimum Gasteiger partial charge on any atom is -0.493 e. The van der Waals surface area contributed by atoms with E-state index in [9.17, 15) is 14.9 Å². The third-order valence-corrected chi connectivity index (χ3v) is 5.44. The van der Waals surface area contributed by atoms with Crippen LogP contribution in [-0.4, -0.2) is 69.0 Å². The van der Waals surface area contributed by atoms with Crippen molar-refractivity contribution in [2.45, 2.75) is 26.1 Å². The zero-order chi connectivity index (χ0) is 24.5. The van der Waals surface area contributed by atoms with Crippen molar-refractivity contribution in [3.8, 4) is 11.5 Å². The Balaban J connectivity index is 1.69. The zero-order valence-corrected chi connectivity index (χ0v) is 19.7. The molecule has 1 atom stereocenters. The smallest absolute Gasteiger partial charge is 0.286 e. The van der Waals surface area contributed by atoms with Crippen LogP contribution in [0.25, 0.3) is 0 Å². The quantitative estimate of drug-likeness (QED) is 0.301. The van der Waals surface area contributed by atoms with E-state index in [-0.39, 0.29) is 42.0 Å². The van der Waals surface area contributed by atoms with Gasteiger partial charge in [-0.15, -0.1) is 0 Å². The van der Waals surface area contributed by atoms with Crippen molar-refractivity contribution in [2.24, 2.45) is 0 Å². The summed E-state index contributed by atoms with van der Waals surface area (Å²) >= 11 is 0. The van der Waals surface area contributed by atoms with Crippen molar-refractivity contribution in [3.63, 3.8) is 0 Å². The third-order valence-electron chi connectivity index (χ3n) is 5.44. The molecule has 1 aliphatic rings. The van der Waals surface area contributed by atoms with Crippen LogP contribution >= 0.6 is 0 Å². The molecule has 1 amide bonds. The minimum absolute atomic E-state index is 0.0978. The fraction of sp³-hybridized carbons (Fsp3) is 0.458. The number of nitro groups is 1. The fourth-order valence-electron chi connectivity index (χ4n) is 3.80. The molecule has 2 aromatic carbocycles. The van der Waals surface area contributed by atoms with Gasteiger partial charge in [-0.1, -0.05) is 24.3 Å². The zero-order valence-electron chi connectivity index (χ0n) is 19.7. The van der Waals surface area contributed by atoms with Gasteiger partial charge in [0.25, 0.3) is 11.6 Å². The Morgan fingerprint density at radius 2 is 2.00 bits per heavy atom. The van der Waals surface area contributed by atoms with Crippen LogP contribution in [0.5, 0.6) is 11.5 Å². The molecule has 10 nitrogen and oxygen atoms in total. The van der Waals surface area contributed by atoms with Gasteiger partial charge in [0.1, 0.15) is 12.2 Å². The maximum absolute atomic E-state index is 12.9. The lowest BCUT2D eigenvalue weighted by molar-refractivity contribution is -0.385. The van der Waals surface area contributed by atoms with E-state index in [4.69, 9.17) is 18.9 Å². The van der Waals surface area contributed by atoms with Crippen LogP contribution in [-0.2, 0) is 22.6 Å². The Hall–Kier alpha value is -3.21. The van der Waals surface area contributed by atoms with Crippen LogP contribution in [0.4, 0.5) is 5.69 Å². The van der Waals surface area contributed by atoms with Crippen molar-refractivity contribution in [1.29, 1.82) is 0 Å². The number of hydrogen-bond donors (Lipinski definition) is 1. The number of rotatable bonds is 11. The largest absolute Gasteiger partial charge is 0.493 e. The lowest BCUT2D eigenvalue weighted by Crippen LogP contribution is -2.40. The molecule has 3 rings (SSSR count). The first-order valence-electron chi connectivity index (χ1n) is 11.1. The number of carbonyl (C=O) groups excluding carboxylic acids is 1. The van der Waals surface area contributed by atoms with E-state index in [1.165, 1.54) is 26.4 Å². The fourth-order valence-corrected chi connectivity index (χ4v) is 3.80. The Bertz CT molecular complexity index is 999. The summed E-state index contributed by atoms with van der Waals surface area (Å²) in [5.74, 6) is -0.164. The van der Waals surface area contributed by atoms with Crippen molar-refractivity contribution >= 4 is 11.6 Å². The summed E-state index contributed by atoms with van der Waals surface area (Å²) in [4.78, 5) is 26.2. The summed E-state index contributed by atoms with van der Waals surface area (Å²) in [5, 5.41) is 14.4. The molecule has 1 saturated heterocycles. The average Bonchev–Trinajstić information content (AvgIpc) is 2.82. The third kappa shape index (κ3) is 6.89. The molecule has 34 heavy (non-hydrogen) atoms. The van der Waals surface area contributed by atoms with Gasteiger partial charge in [-0.3, -0.25) is 19.8 Å². The summed E-state index contributed by atoms with van der Waals surface area (Å²) < 4.78 is 21.3. The standard InChI is InChI=1S/C24H31N3O7/c1-17-15-26(7-8-33-17)16-19-6-4-5-18(11-19)14-25-24(28)20-12-22(32-3)23(34-10-9-31-2)13-21(20)27(29)30/h4-6,11-13,17H,7-10,14-16H2,1-3H3,(H,25,28). The number of ether oxygens (including phenoxy) is 4. The van der Waals surface area contributed by atoms with E-state index in [1.807, 2.05) is 24.3 Å². The number of nitro benzene ring substituents is 1. The van der Waals surface area contributed by atoms with E-state index < -0.39 is 10.8 Å². The molecule has 2 aromatic rings. The van der Waals surface area contributed by atoms with Gasteiger partial charge in [0.15, 0.2) is 11.5 Å². The number of methoxy groups -OCH3 is 2. The summed E-state index contributed by atoms with van der Waals surface area (Å²) in [7, 11) is 2.93. The Labute approximate surface area is 198 Å². The molecule has 10 heteroatoms. The molecule has 0 aromatic heterocycles. The lowest BCUT2D eigenvalue weighted by Gasteiger charge is -2.31. The Kier molecular flexibility index (Phi) is 9.20. The predicted octanol–water partition coefficient (Wildman–Crippen LogP) is 2.78. The van der Waals surface area contributed by atoms with Crippen LogP contribution in [0.2, 0.25) is 0 Å². The number of amides is 1. The number of nitrogens with zero attached hydrogens (tertiary/aromatic N) is 2. The molecule has 0 aliphatic carbocycles. The second-order valence-electron chi connectivity index (χ2n) is 8.04. The second-order valence-corrected chi connectivity index (χ2v) is 8.04. The van der Waals surface area contributed by atoms with Gasteiger partial charge < -0.3 is 24.3 Å². The summed E-state index contributed by atoms with van der Waals surface area (Å²) in [6.45, 7) is 6.05. The second kappa shape index (κ2) is 12.3. The van der Waals surface area contributed by atoms with Gasteiger partial charge in [0.2, 0.25) is 0 Å². The van der Waals surface area contributed by atoms with Crippen molar-refractivity contribution in [2.75, 3.05) is 47.1 Å². The molecule has 184 valence electrons. The number of morpholine rings is 1. The summed E-state index contributed by atoms with van der Waals surface area (Å²) in [5.41, 5.74) is 1.58. The lowest BCUT2D eigenvalue weighted by atomic mass is 10.1. The normalized spacial score (nSPS) is 16.1. The molecular formula is C24H31N3O7. The van der Waals surface area contributed by atoms with Crippen LogP contribution in [0.3, 0.4) is 0 Å². The maximum Gasteiger partial charge on any atom is 0.286 e. The molecule has 1 N–H and O–H groups in total. The van der Waals surface area contributed by atoms with Crippen LogP contribution in [0, 0.1) is 10.1 Å². The molecule has 0 spiro atoms. The van der Waals surface area contributed by atoms with Crippen molar-refractivity contribution in [1.82, 2.24) is 10.2 Å². The van der Waals surface area contributed by atoms with Crippen molar-refractivity contribution in [3.05, 3.63) is 63.2 Å². The molecule has 1 heterocycles. The first-order chi connectivity index (χ1) is 16.4. The highest BCUT2D eigenvalue weighted by molar-refractivity contribution is 5.99. The van der Waals surface area contributed by atoms with Gasteiger partial charge in [0, 0.05) is 39.4 Å². The Morgan fingerprint density at radius 3 is 2.71 bits per heavy atom. The highest BCUT2D eigenvalue weighted by Crippen LogP contribution is 2.34. The SMILES string of the molecule is COCCOc1cc([N+](=O)[O-])c(C(=O)NCc2cccc(CN3CCOC(C)C3)c2)cc1OC. The van der Waals surface area contributed by atoms with E-state index in [2.05, 4.69) is 17.1 Å². The molecule has 1 aliphatic heterocycles. The van der Waals surface area contributed by atoms with E-state index >= 15 is 0 Å². The van der Waals surface area contributed by atoms with Crippen LogP contribution < -0.4 is 14.8 Å². The van der Waals surface area contributed by atoms with Gasteiger partial charge in [-0.2, -0.15) is 0 Å². The Morgan fingerprint density at radius 1 is 1.21 bits per heavy atom. The van der Waals surface area contributed by atoms with E-state index in [0.717, 1.165) is 37.4 Å². The first kappa shape index (κ1) is 25.4. The number of carbonyl (C=O) groups is 1. The average molecular weight is 474 g/mol. The summed E-state index contributed by atoms with van der Waals surface area (Å²) in [6.07, 6.45) is 0.209. The summed E-state index contributed by atoms with van der Waals surface area (Å²) in [6, 6.07) is 10.5. The first-order valence-corrected chi connectivity index (χ1v) is 11.1. The van der Waals surface area contributed by atoms with Gasteiger partial charge in [-0.05, 0) is 18.1 Å². The number of benzene rings is 2. The monoisotopic (exact) mass is 473 g/mol. The molecule has 0 saturated carbocycles. The highest BCUT2D eigenvalue weighted by Gasteiger charge is 2.25. The molecule has 1 fully saturated rings. The van der Waals surface area contributed by atoms with Crippen molar-refractivity contribution < 1.29 is 28.7 Å². The van der Waals surface area contributed by atoms with Gasteiger partial charge in [-0.25, -0.2) is 0 Å². The molecule has 0 radical (unpaired) electrons. The molecule has 0 bridgehead atoms. The predicted molar refractivity (Wildman–Crippen MR) is 125 cm³/mol. The van der Waals surface area contributed by atoms with Gasteiger partial charge >= 0.3 is 0 Å². The van der Waals surface area contributed by atoms with E-state index in [0.29, 0.717) is 6.61 Å². The minimum atomic E-state index is -0.610. The number of nitrogens with one attached hydrogen (secondary N) is 1. The maximum atomic E-state index is 12.9. The van der Waals surface area contributed by atoms with Crippen LogP contribution in [0.15, 0.2) is 36.4 Å². The highest BCUT2D eigenvalue weighted by atomic mass is 16.6. The number of hydrogen-bond acceptors (Lipinski definition) is 8. The molecular weight excluding hydrogens is 442 g/mol. The van der Waals surface area contributed by atoms with Gasteiger partial charge in [0.05, 0.1) is 37.4 Å².